The van der Waals surface area contributed by atoms with Crippen molar-refractivity contribution in [2.45, 2.75) is 31.2 Å². The van der Waals surface area contributed by atoms with E-state index in [2.05, 4.69) is 27.4 Å². The summed E-state index contributed by atoms with van der Waals surface area (Å²) in [4.78, 5) is 24.8. The van der Waals surface area contributed by atoms with Crippen LogP contribution in [0.3, 0.4) is 0 Å². The van der Waals surface area contributed by atoms with Crippen molar-refractivity contribution in [3.05, 3.63) is 78.1 Å². The topological polar surface area (TPSA) is 88.9 Å². The third-order valence-corrected chi connectivity index (χ3v) is 5.62. The van der Waals surface area contributed by atoms with Crippen molar-refractivity contribution in [1.29, 1.82) is 0 Å². The number of allylic oxidation sites excluding steroid dienone is 1. The molecular weight excluding hydrogens is 467 g/mol. The average molecular weight is 490 g/mol. The second-order valence-corrected chi connectivity index (χ2v) is 8.20. The predicted molar refractivity (Wildman–Crippen MR) is 125 cm³/mol. The minimum atomic E-state index is -4.50. The SMILES string of the molecule is C=CCn1c(CC(=O)Nc2ccccc2C)nnc1SCC(=O)Nc1cccc(C(F)(F)F)c1. The first kappa shape index (κ1) is 25.0. The summed E-state index contributed by atoms with van der Waals surface area (Å²) in [7, 11) is 0. The molecule has 0 bridgehead atoms. The van der Waals surface area contributed by atoms with Crippen LogP contribution in [0.1, 0.15) is 17.0 Å². The number of aryl methyl sites for hydroxylation is 1. The summed E-state index contributed by atoms with van der Waals surface area (Å²) in [5, 5.41) is 13.8. The predicted octanol–water partition coefficient (Wildman–Crippen LogP) is 4.70. The number of thioether (sulfide) groups is 1. The van der Waals surface area contributed by atoms with Gasteiger partial charge in [-0.1, -0.05) is 42.1 Å². The molecule has 0 atom stereocenters. The Hall–Kier alpha value is -3.60. The minimum Gasteiger partial charge on any atom is -0.325 e. The van der Waals surface area contributed by atoms with Gasteiger partial charge in [0.1, 0.15) is 5.82 Å². The number of para-hydroxylation sites is 1. The fraction of sp³-hybridized carbons (Fsp3) is 0.217. The maximum atomic E-state index is 12.9. The lowest BCUT2D eigenvalue weighted by Crippen LogP contribution is -2.18. The lowest BCUT2D eigenvalue weighted by molar-refractivity contribution is -0.137. The molecule has 7 nitrogen and oxygen atoms in total. The molecular formula is C23H22F3N5O2S. The molecule has 0 spiro atoms. The van der Waals surface area contributed by atoms with Crippen molar-refractivity contribution >= 4 is 35.0 Å². The van der Waals surface area contributed by atoms with E-state index in [1.807, 2.05) is 25.1 Å². The number of halogens is 3. The number of nitrogens with one attached hydrogen (secondary N) is 2. The number of hydrogen-bond acceptors (Lipinski definition) is 5. The van der Waals surface area contributed by atoms with E-state index >= 15 is 0 Å². The highest BCUT2D eigenvalue weighted by Gasteiger charge is 2.30. The molecule has 1 heterocycles. The van der Waals surface area contributed by atoms with Crippen LogP contribution in [0.4, 0.5) is 24.5 Å². The van der Waals surface area contributed by atoms with Crippen LogP contribution >= 0.6 is 11.8 Å². The van der Waals surface area contributed by atoms with E-state index in [1.165, 1.54) is 12.1 Å². The molecule has 0 saturated heterocycles. The fourth-order valence-corrected chi connectivity index (χ4v) is 3.79. The van der Waals surface area contributed by atoms with Gasteiger partial charge in [0.05, 0.1) is 17.7 Å². The van der Waals surface area contributed by atoms with Gasteiger partial charge < -0.3 is 15.2 Å². The van der Waals surface area contributed by atoms with E-state index in [0.29, 0.717) is 23.2 Å². The highest BCUT2D eigenvalue weighted by Crippen LogP contribution is 2.30. The summed E-state index contributed by atoms with van der Waals surface area (Å²) in [5.41, 5.74) is 0.813. The summed E-state index contributed by atoms with van der Waals surface area (Å²) < 4.78 is 40.2. The molecule has 0 unspecified atom stereocenters. The largest absolute Gasteiger partial charge is 0.416 e. The zero-order valence-corrected chi connectivity index (χ0v) is 19.0. The van der Waals surface area contributed by atoms with Crippen molar-refractivity contribution in [3.63, 3.8) is 0 Å². The van der Waals surface area contributed by atoms with Crippen LogP contribution in [0.2, 0.25) is 0 Å². The zero-order chi connectivity index (χ0) is 24.7. The van der Waals surface area contributed by atoms with Crippen molar-refractivity contribution in [2.75, 3.05) is 16.4 Å². The average Bonchev–Trinajstić information content (AvgIpc) is 3.15. The third-order valence-electron chi connectivity index (χ3n) is 4.65. The Morgan fingerprint density at radius 2 is 1.85 bits per heavy atom. The van der Waals surface area contributed by atoms with Crippen molar-refractivity contribution in [2.24, 2.45) is 0 Å². The molecule has 2 N–H and O–H groups in total. The van der Waals surface area contributed by atoms with Gasteiger partial charge in [0.2, 0.25) is 11.8 Å². The molecule has 3 aromatic rings. The number of rotatable bonds is 9. The quantitative estimate of drug-likeness (QED) is 0.336. The number of carbonyl (C=O) groups is 2. The van der Waals surface area contributed by atoms with Gasteiger partial charge in [0.25, 0.3) is 0 Å². The van der Waals surface area contributed by atoms with Crippen LogP contribution in [0.15, 0.2) is 66.3 Å². The maximum absolute atomic E-state index is 12.9. The number of carbonyl (C=O) groups excluding carboxylic acids is 2. The Morgan fingerprint density at radius 3 is 2.56 bits per heavy atom. The molecule has 0 saturated carbocycles. The maximum Gasteiger partial charge on any atom is 0.416 e. The number of amides is 2. The van der Waals surface area contributed by atoms with E-state index in [1.54, 1.807) is 16.7 Å². The molecule has 0 aliphatic carbocycles. The van der Waals surface area contributed by atoms with Crippen LogP contribution in [0.25, 0.3) is 0 Å². The van der Waals surface area contributed by atoms with E-state index in [0.717, 1.165) is 29.5 Å². The lowest BCUT2D eigenvalue weighted by atomic mass is 10.2. The summed E-state index contributed by atoms with van der Waals surface area (Å²) in [6, 6.07) is 11.8. The normalized spacial score (nSPS) is 11.2. The van der Waals surface area contributed by atoms with Crippen LogP contribution in [-0.2, 0) is 28.7 Å². The van der Waals surface area contributed by atoms with Crippen LogP contribution in [0, 0.1) is 6.92 Å². The van der Waals surface area contributed by atoms with Crippen molar-refractivity contribution in [3.8, 4) is 0 Å². The van der Waals surface area contributed by atoms with Crippen LogP contribution in [0.5, 0.6) is 0 Å². The molecule has 0 aliphatic rings. The molecule has 1 aromatic heterocycles. The molecule has 11 heteroatoms. The molecule has 178 valence electrons. The number of hydrogen-bond donors (Lipinski definition) is 2. The van der Waals surface area contributed by atoms with Gasteiger partial charge in [0, 0.05) is 17.9 Å². The monoisotopic (exact) mass is 489 g/mol. The highest BCUT2D eigenvalue weighted by molar-refractivity contribution is 7.99. The molecule has 0 fully saturated rings. The first-order valence-corrected chi connectivity index (χ1v) is 11.1. The van der Waals surface area contributed by atoms with Gasteiger partial charge in [-0.3, -0.25) is 9.59 Å². The lowest BCUT2D eigenvalue weighted by Gasteiger charge is -2.11. The van der Waals surface area contributed by atoms with Gasteiger partial charge in [0.15, 0.2) is 5.16 Å². The second kappa shape index (κ2) is 11.0. The van der Waals surface area contributed by atoms with Gasteiger partial charge >= 0.3 is 6.18 Å². The van der Waals surface area contributed by atoms with E-state index in [9.17, 15) is 22.8 Å². The van der Waals surface area contributed by atoms with Crippen molar-refractivity contribution in [1.82, 2.24) is 14.8 Å². The Kier molecular flexibility index (Phi) is 8.11. The summed E-state index contributed by atoms with van der Waals surface area (Å²) in [5.74, 6) is -0.491. The number of benzene rings is 2. The Balaban J connectivity index is 1.63. The van der Waals surface area contributed by atoms with Gasteiger partial charge in [-0.05, 0) is 36.8 Å². The summed E-state index contributed by atoms with van der Waals surface area (Å²) >= 11 is 1.05. The molecule has 34 heavy (non-hydrogen) atoms. The van der Waals surface area contributed by atoms with E-state index in [-0.39, 0.29) is 23.8 Å². The number of nitrogens with zero attached hydrogens (tertiary/aromatic N) is 3. The molecule has 2 amide bonds. The Morgan fingerprint density at radius 1 is 1.09 bits per heavy atom. The molecule has 3 rings (SSSR count). The standard InChI is InChI=1S/C23H22F3N5O2S/c1-3-11-31-19(13-20(32)28-18-10-5-4-7-15(18)2)29-30-22(31)34-14-21(33)27-17-9-6-8-16(12-17)23(24,25)26/h3-10,12H,1,11,13-14H2,2H3,(H,27,33)(H,28,32). The van der Waals surface area contributed by atoms with E-state index in [4.69, 9.17) is 0 Å². The number of alkyl halides is 3. The highest BCUT2D eigenvalue weighted by atomic mass is 32.2. The molecule has 0 aliphatic heterocycles. The minimum absolute atomic E-state index is 0.0356. The van der Waals surface area contributed by atoms with Gasteiger partial charge in [-0.25, -0.2) is 0 Å². The van der Waals surface area contributed by atoms with E-state index < -0.39 is 17.6 Å². The van der Waals surface area contributed by atoms with Gasteiger partial charge in [-0.2, -0.15) is 13.2 Å². The summed E-state index contributed by atoms with van der Waals surface area (Å²) in [6.45, 7) is 5.90. The number of aromatic nitrogens is 3. The van der Waals surface area contributed by atoms with Crippen LogP contribution in [-0.4, -0.2) is 32.3 Å². The fourth-order valence-electron chi connectivity index (χ4n) is 3.02. The number of anilines is 2. The first-order valence-electron chi connectivity index (χ1n) is 10.2. The molecule has 0 radical (unpaired) electrons. The summed E-state index contributed by atoms with van der Waals surface area (Å²) in [6.07, 6.45) is -2.93. The van der Waals surface area contributed by atoms with Crippen LogP contribution < -0.4 is 10.6 Å². The Labute approximate surface area is 198 Å². The van der Waals surface area contributed by atoms with Gasteiger partial charge in [-0.15, -0.1) is 16.8 Å². The first-order chi connectivity index (χ1) is 16.2. The second-order valence-electron chi connectivity index (χ2n) is 7.25. The zero-order valence-electron chi connectivity index (χ0n) is 18.2. The molecule has 2 aromatic carbocycles. The third kappa shape index (κ3) is 6.70. The smallest absolute Gasteiger partial charge is 0.325 e. The Bertz CT molecular complexity index is 1190. The van der Waals surface area contributed by atoms with Crippen molar-refractivity contribution < 1.29 is 22.8 Å².